The summed E-state index contributed by atoms with van der Waals surface area (Å²) >= 11 is 0. The standard InChI is InChI=1S/C25H23N5O5/c31-22(9-11-30-14-26-19-6-2-1-5-18(19)25(30)32)29-10-3-4-17(13-29)24-28-27-23(35-24)16-7-8-20-21(12-16)34-15-33-20/h1-2,5-8,12,14,17H,3-4,9-11,13,15H2. The lowest BCUT2D eigenvalue weighted by molar-refractivity contribution is -0.132. The molecule has 4 heterocycles. The Bertz CT molecular complexity index is 1460. The van der Waals surface area contributed by atoms with E-state index in [9.17, 15) is 9.59 Å². The smallest absolute Gasteiger partial charge is 0.261 e. The highest BCUT2D eigenvalue weighted by atomic mass is 16.7. The molecular weight excluding hydrogens is 450 g/mol. The predicted octanol–water partition coefficient (Wildman–Crippen LogP) is 2.97. The minimum Gasteiger partial charge on any atom is -0.454 e. The van der Waals surface area contributed by atoms with Crippen LogP contribution in [0.5, 0.6) is 11.5 Å². The van der Waals surface area contributed by atoms with Gasteiger partial charge in [-0.05, 0) is 43.2 Å². The molecule has 2 aromatic carbocycles. The van der Waals surface area contributed by atoms with Gasteiger partial charge in [0, 0.05) is 31.6 Å². The molecule has 1 fully saturated rings. The van der Waals surface area contributed by atoms with Crippen molar-refractivity contribution in [2.75, 3.05) is 19.9 Å². The van der Waals surface area contributed by atoms with E-state index < -0.39 is 0 Å². The van der Waals surface area contributed by atoms with Crippen LogP contribution < -0.4 is 15.0 Å². The number of hydrogen-bond acceptors (Lipinski definition) is 8. The van der Waals surface area contributed by atoms with Crippen molar-refractivity contribution in [3.05, 3.63) is 65.0 Å². The van der Waals surface area contributed by atoms with Crippen LogP contribution in [0.15, 0.2) is 58.0 Å². The van der Waals surface area contributed by atoms with Crippen molar-refractivity contribution in [3.63, 3.8) is 0 Å². The van der Waals surface area contributed by atoms with Crippen molar-refractivity contribution >= 4 is 16.8 Å². The van der Waals surface area contributed by atoms with Crippen LogP contribution in [0.2, 0.25) is 0 Å². The summed E-state index contributed by atoms with van der Waals surface area (Å²) in [5.74, 6) is 2.22. The molecular formula is C25H23N5O5. The number of rotatable bonds is 5. The van der Waals surface area contributed by atoms with Gasteiger partial charge in [-0.1, -0.05) is 12.1 Å². The van der Waals surface area contributed by atoms with Crippen molar-refractivity contribution in [2.45, 2.75) is 31.7 Å². The van der Waals surface area contributed by atoms with E-state index in [1.807, 2.05) is 35.2 Å². The molecule has 1 atom stereocenters. The Kier molecular flexibility index (Phi) is 5.40. The van der Waals surface area contributed by atoms with Crippen molar-refractivity contribution in [2.24, 2.45) is 0 Å². The van der Waals surface area contributed by atoms with Gasteiger partial charge in [-0.2, -0.15) is 0 Å². The molecule has 10 heteroatoms. The fourth-order valence-electron chi connectivity index (χ4n) is 4.59. The highest BCUT2D eigenvalue weighted by Gasteiger charge is 2.29. The van der Waals surface area contributed by atoms with Crippen LogP contribution >= 0.6 is 0 Å². The molecule has 0 N–H and O–H groups in total. The molecule has 178 valence electrons. The molecule has 4 aromatic rings. The van der Waals surface area contributed by atoms with Crippen LogP contribution in [-0.4, -0.2) is 50.4 Å². The fourth-order valence-corrected chi connectivity index (χ4v) is 4.59. The van der Waals surface area contributed by atoms with Gasteiger partial charge in [0.25, 0.3) is 5.56 Å². The first-order valence-corrected chi connectivity index (χ1v) is 11.6. The molecule has 2 aliphatic rings. The molecule has 0 radical (unpaired) electrons. The van der Waals surface area contributed by atoms with Gasteiger partial charge in [-0.15, -0.1) is 10.2 Å². The third kappa shape index (κ3) is 4.11. The number of carbonyl (C=O) groups is 1. The van der Waals surface area contributed by atoms with Crippen molar-refractivity contribution in [1.29, 1.82) is 0 Å². The summed E-state index contributed by atoms with van der Waals surface area (Å²) in [6, 6.07) is 12.7. The predicted molar refractivity (Wildman–Crippen MR) is 125 cm³/mol. The average Bonchev–Trinajstić information content (AvgIpc) is 3.58. The van der Waals surface area contributed by atoms with E-state index in [0.29, 0.717) is 47.3 Å². The Labute approximate surface area is 200 Å². The number of amides is 1. The Balaban J connectivity index is 1.11. The number of ether oxygens (including phenoxy) is 2. The molecule has 10 nitrogen and oxygen atoms in total. The number of carbonyl (C=O) groups excluding carboxylic acids is 1. The first-order valence-electron chi connectivity index (χ1n) is 11.6. The van der Waals surface area contributed by atoms with E-state index in [0.717, 1.165) is 18.4 Å². The Hall–Kier alpha value is -4.21. The Morgan fingerprint density at radius 1 is 1.09 bits per heavy atom. The lowest BCUT2D eigenvalue weighted by Gasteiger charge is -2.31. The van der Waals surface area contributed by atoms with Gasteiger partial charge in [0.05, 0.1) is 23.1 Å². The molecule has 2 aromatic heterocycles. The number of fused-ring (bicyclic) bond motifs is 2. The highest BCUT2D eigenvalue weighted by Crippen LogP contribution is 2.36. The van der Waals surface area contributed by atoms with E-state index in [2.05, 4.69) is 15.2 Å². The molecule has 1 saturated heterocycles. The SMILES string of the molecule is O=C(CCn1cnc2ccccc2c1=O)N1CCCC(c2nnc(-c3ccc4c(c3)OCO4)o2)C1. The van der Waals surface area contributed by atoms with E-state index >= 15 is 0 Å². The number of para-hydroxylation sites is 1. The average molecular weight is 473 g/mol. The van der Waals surface area contributed by atoms with Crippen LogP contribution in [0.4, 0.5) is 0 Å². The molecule has 0 saturated carbocycles. The highest BCUT2D eigenvalue weighted by molar-refractivity contribution is 5.77. The molecule has 1 unspecified atom stereocenters. The number of nitrogens with zero attached hydrogens (tertiary/aromatic N) is 5. The van der Waals surface area contributed by atoms with E-state index in [4.69, 9.17) is 13.9 Å². The lowest BCUT2D eigenvalue weighted by atomic mass is 9.98. The van der Waals surface area contributed by atoms with Crippen LogP contribution in [0.3, 0.4) is 0 Å². The first-order chi connectivity index (χ1) is 17.2. The summed E-state index contributed by atoms with van der Waals surface area (Å²) in [4.78, 5) is 31.8. The summed E-state index contributed by atoms with van der Waals surface area (Å²) in [7, 11) is 0. The maximum Gasteiger partial charge on any atom is 0.261 e. The van der Waals surface area contributed by atoms with Crippen LogP contribution in [0.25, 0.3) is 22.4 Å². The van der Waals surface area contributed by atoms with Gasteiger partial charge in [0.1, 0.15) is 0 Å². The molecule has 35 heavy (non-hydrogen) atoms. The maximum absolute atomic E-state index is 13.0. The van der Waals surface area contributed by atoms with E-state index in [1.54, 1.807) is 12.1 Å². The van der Waals surface area contributed by atoms with E-state index in [1.165, 1.54) is 10.9 Å². The third-order valence-electron chi connectivity index (χ3n) is 6.48. The van der Waals surface area contributed by atoms with Gasteiger partial charge in [0.2, 0.25) is 24.5 Å². The van der Waals surface area contributed by atoms with Crippen molar-refractivity contribution in [1.82, 2.24) is 24.6 Å². The zero-order chi connectivity index (χ0) is 23.8. The molecule has 0 aliphatic carbocycles. The lowest BCUT2D eigenvalue weighted by Crippen LogP contribution is -2.39. The second-order valence-electron chi connectivity index (χ2n) is 8.70. The largest absolute Gasteiger partial charge is 0.454 e. The Morgan fingerprint density at radius 2 is 1.97 bits per heavy atom. The third-order valence-corrected chi connectivity index (χ3v) is 6.48. The number of hydrogen-bond donors (Lipinski definition) is 0. The second-order valence-corrected chi connectivity index (χ2v) is 8.70. The van der Waals surface area contributed by atoms with Gasteiger partial charge >= 0.3 is 0 Å². The van der Waals surface area contributed by atoms with E-state index in [-0.39, 0.29) is 37.1 Å². The fraction of sp³-hybridized carbons (Fsp3) is 0.320. The number of benzene rings is 2. The van der Waals surface area contributed by atoms with Gasteiger partial charge in [-0.25, -0.2) is 4.98 Å². The first kappa shape index (κ1) is 21.3. The quantitative estimate of drug-likeness (QED) is 0.435. The molecule has 1 amide bonds. The number of piperidine rings is 1. The minimum atomic E-state index is -0.137. The summed E-state index contributed by atoms with van der Waals surface area (Å²) in [5, 5.41) is 9.01. The minimum absolute atomic E-state index is 0.00901. The monoisotopic (exact) mass is 473 g/mol. The van der Waals surface area contributed by atoms with Gasteiger partial charge in [-0.3, -0.25) is 14.2 Å². The zero-order valence-electron chi connectivity index (χ0n) is 18.9. The topological polar surface area (TPSA) is 113 Å². The van der Waals surface area contributed by atoms with Crippen LogP contribution in [0.1, 0.15) is 31.1 Å². The molecule has 6 rings (SSSR count). The van der Waals surface area contributed by atoms with Crippen LogP contribution in [-0.2, 0) is 11.3 Å². The number of aryl methyl sites for hydroxylation is 1. The van der Waals surface area contributed by atoms with Gasteiger partial charge < -0.3 is 18.8 Å². The van der Waals surface area contributed by atoms with Crippen molar-refractivity contribution < 1.29 is 18.7 Å². The second kappa shape index (κ2) is 8.86. The molecule has 0 bridgehead atoms. The Morgan fingerprint density at radius 3 is 2.91 bits per heavy atom. The summed E-state index contributed by atoms with van der Waals surface area (Å²) < 4.78 is 18.2. The zero-order valence-corrected chi connectivity index (χ0v) is 18.9. The summed E-state index contributed by atoms with van der Waals surface area (Å²) in [6.45, 7) is 1.66. The number of aromatic nitrogens is 4. The summed E-state index contributed by atoms with van der Waals surface area (Å²) in [5.41, 5.74) is 1.27. The van der Waals surface area contributed by atoms with Crippen molar-refractivity contribution in [3.8, 4) is 23.0 Å². The maximum atomic E-state index is 13.0. The normalized spacial score (nSPS) is 17.1. The summed E-state index contributed by atoms with van der Waals surface area (Å²) in [6.07, 6.45) is 3.43. The van der Waals surface area contributed by atoms with Crippen LogP contribution in [0, 0.1) is 0 Å². The molecule has 2 aliphatic heterocycles. The number of likely N-dealkylation sites (tertiary alicyclic amines) is 1. The molecule has 0 spiro atoms. The van der Waals surface area contributed by atoms with Gasteiger partial charge in [0.15, 0.2) is 11.5 Å².